The van der Waals surface area contributed by atoms with Crippen LogP contribution in [-0.4, -0.2) is 58.6 Å². The van der Waals surface area contributed by atoms with E-state index in [1.54, 1.807) is 0 Å². The normalized spacial score (nSPS) is 13.4. The fraction of sp³-hybridized carbons (Fsp3) is 0.917. The minimum atomic E-state index is -4.47. The first-order valence-corrected chi connectivity index (χ1v) is 16.2. The third kappa shape index (κ3) is 22.0. The van der Waals surface area contributed by atoms with Gasteiger partial charge in [-0.3, -0.25) is 18.7 Å². The molecule has 0 spiro atoms. The predicted molar refractivity (Wildman–Crippen MR) is 140 cm³/mol. The lowest BCUT2D eigenvalue weighted by Crippen LogP contribution is -2.29. The van der Waals surface area contributed by atoms with Gasteiger partial charge in [-0.15, -0.1) is 0 Å². The molecule has 0 radical (unpaired) electrons. The van der Waals surface area contributed by atoms with Crippen molar-refractivity contribution < 1.29 is 45.7 Å². The Kier molecular flexibility index (Phi) is 22.4. The number of carbonyl (C=O) groups is 2. The highest BCUT2D eigenvalue weighted by Crippen LogP contribution is 2.15. The molecular weight excluding hydrogens is 512 g/mol. The lowest BCUT2D eigenvalue weighted by Gasteiger charge is -2.08. The van der Waals surface area contributed by atoms with Gasteiger partial charge in [0.15, 0.2) is 10.5 Å². The van der Waals surface area contributed by atoms with Crippen LogP contribution in [0.3, 0.4) is 0 Å². The van der Waals surface area contributed by atoms with Gasteiger partial charge in [0, 0.05) is 0 Å². The summed E-state index contributed by atoms with van der Waals surface area (Å²) in [6.07, 6.45) is 16.5. The summed E-state index contributed by atoms with van der Waals surface area (Å²) in [4.78, 5) is 21.3. The van der Waals surface area contributed by atoms with E-state index >= 15 is 0 Å². The van der Waals surface area contributed by atoms with Crippen molar-refractivity contribution in [1.82, 2.24) is 0 Å². The molecule has 0 saturated heterocycles. The molecule has 0 heterocycles. The van der Waals surface area contributed by atoms with Gasteiger partial charge in [-0.1, -0.05) is 117 Å². The summed E-state index contributed by atoms with van der Waals surface area (Å²) >= 11 is 0. The Bertz CT molecular complexity index is 713. The van der Waals surface area contributed by atoms with Crippen LogP contribution in [0.15, 0.2) is 0 Å². The van der Waals surface area contributed by atoms with E-state index in [1.807, 2.05) is 0 Å². The third-order valence-corrected chi connectivity index (χ3v) is 8.22. The zero-order valence-electron chi connectivity index (χ0n) is 21.9. The summed E-state index contributed by atoms with van der Waals surface area (Å²) in [7, 11) is -8.94. The van der Waals surface area contributed by atoms with Gasteiger partial charge in [0.25, 0.3) is 20.2 Å². The van der Waals surface area contributed by atoms with E-state index in [4.69, 9.17) is 19.3 Å². The molecule has 4 N–H and O–H groups in total. The second kappa shape index (κ2) is 21.8. The van der Waals surface area contributed by atoms with Crippen LogP contribution in [0.2, 0.25) is 0 Å². The molecule has 2 unspecified atom stereocenters. The first-order chi connectivity index (χ1) is 16.8. The molecule has 12 heteroatoms. The Morgan fingerprint density at radius 3 is 0.917 bits per heavy atom. The molecular formula is C24H48O10S2. The van der Waals surface area contributed by atoms with E-state index in [-0.39, 0.29) is 12.8 Å². The molecule has 0 aromatic rings. The lowest BCUT2D eigenvalue weighted by atomic mass is 10.1. The molecule has 2 atom stereocenters. The van der Waals surface area contributed by atoms with Gasteiger partial charge < -0.3 is 10.2 Å². The number of hydrogen-bond acceptors (Lipinski definition) is 6. The number of unbranched alkanes of at least 4 members (excludes halogenated alkanes) is 14. The first-order valence-electron chi connectivity index (χ1n) is 13.2. The lowest BCUT2D eigenvalue weighted by molar-refractivity contribution is -0.137. The van der Waals surface area contributed by atoms with Crippen LogP contribution < -0.4 is 0 Å². The van der Waals surface area contributed by atoms with Crippen molar-refractivity contribution in [2.24, 2.45) is 0 Å². The summed E-state index contributed by atoms with van der Waals surface area (Å²) in [5, 5.41) is 14.0. The number of aliphatic carboxylic acids is 2. The summed E-state index contributed by atoms with van der Waals surface area (Å²) < 4.78 is 60.6. The van der Waals surface area contributed by atoms with Crippen LogP contribution in [0.5, 0.6) is 0 Å². The second-order valence-electron chi connectivity index (χ2n) is 9.21. The summed E-state index contributed by atoms with van der Waals surface area (Å²) in [6.45, 7) is 4.31. The van der Waals surface area contributed by atoms with Gasteiger partial charge in [-0.25, -0.2) is 0 Å². The minimum absolute atomic E-state index is 0.0108. The van der Waals surface area contributed by atoms with Gasteiger partial charge in [-0.05, 0) is 12.8 Å². The molecule has 0 amide bonds. The molecule has 0 aliphatic rings. The Morgan fingerprint density at radius 1 is 0.500 bits per heavy atom. The molecule has 0 rings (SSSR count). The highest BCUT2D eigenvalue weighted by molar-refractivity contribution is 7.87. The number of rotatable bonds is 22. The van der Waals surface area contributed by atoms with E-state index in [0.717, 1.165) is 38.5 Å². The monoisotopic (exact) mass is 560 g/mol. The number of hydrogen-bond donors (Lipinski definition) is 4. The maximum absolute atomic E-state index is 10.8. The van der Waals surface area contributed by atoms with E-state index in [2.05, 4.69) is 13.8 Å². The molecule has 0 aromatic carbocycles. The van der Waals surface area contributed by atoms with Crippen LogP contribution in [-0.2, 0) is 29.8 Å². The van der Waals surface area contributed by atoms with Crippen LogP contribution >= 0.6 is 0 Å². The largest absolute Gasteiger partial charge is 0.480 e. The van der Waals surface area contributed by atoms with Gasteiger partial charge in [0.2, 0.25) is 0 Å². The average Bonchev–Trinajstić information content (AvgIpc) is 2.75. The van der Waals surface area contributed by atoms with E-state index in [0.29, 0.717) is 12.8 Å². The highest BCUT2D eigenvalue weighted by Gasteiger charge is 2.30. The van der Waals surface area contributed by atoms with Crippen LogP contribution in [0.25, 0.3) is 0 Å². The third-order valence-electron chi connectivity index (χ3n) is 5.91. The topological polar surface area (TPSA) is 183 Å². The molecule has 0 aliphatic heterocycles. The Hall–Kier alpha value is -1.24. The molecule has 0 saturated carbocycles. The van der Waals surface area contributed by atoms with Crippen molar-refractivity contribution >= 4 is 32.2 Å². The van der Waals surface area contributed by atoms with Crippen LogP contribution in [0.1, 0.15) is 129 Å². The minimum Gasteiger partial charge on any atom is -0.480 e. The zero-order chi connectivity index (χ0) is 28.0. The Balaban J connectivity index is 0. The maximum atomic E-state index is 10.8. The van der Waals surface area contributed by atoms with Crippen molar-refractivity contribution in [3.63, 3.8) is 0 Å². The summed E-state index contributed by atoms with van der Waals surface area (Å²) in [5.41, 5.74) is 0. The molecule has 10 nitrogen and oxygen atoms in total. The van der Waals surface area contributed by atoms with Gasteiger partial charge in [-0.2, -0.15) is 16.8 Å². The zero-order valence-corrected chi connectivity index (χ0v) is 23.6. The van der Waals surface area contributed by atoms with Gasteiger partial charge >= 0.3 is 11.9 Å². The number of carboxylic acid groups (broad SMARTS) is 2. The fourth-order valence-corrected chi connectivity index (χ4v) is 5.17. The summed E-state index contributed by atoms with van der Waals surface area (Å²) in [6, 6.07) is 0. The van der Waals surface area contributed by atoms with Gasteiger partial charge in [0.1, 0.15) is 0 Å². The average molecular weight is 561 g/mol. The smallest absolute Gasteiger partial charge is 0.324 e. The molecule has 216 valence electrons. The van der Waals surface area contributed by atoms with E-state index in [1.165, 1.54) is 51.4 Å². The van der Waals surface area contributed by atoms with Gasteiger partial charge in [0.05, 0.1) is 0 Å². The number of carboxylic acids is 2. The molecule has 0 bridgehead atoms. The first kappa shape index (κ1) is 36.9. The Morgan fingerprint density at radius 2 is 0.722 bits per heavy atom. The predicted octanol–water partition coefficient (Wildman–Crippen LogP) is 5.72. The van der Waals surface area contributed by atoms with Crippen LogP contribution in [0.4, 0.5) is 0 Å². The van der Waals surface area contributed by atoms with Crippen LogP contribution in [0, 0.1) is 0 Å². The van der Waals surface area contributed by atoms with E-state index < -0.39 is 42.7 Å². The van der Waals surface area contributed by atoms with Crippen molar-refractivity contribution in [3.8, 4) is 0 Å². The van der Waals surface area contributed by atoms with Crippen molar-refractivity contribution in [2.45, 2.75) is 140 Å². The molecule has 0 aromatic heterocycles. The van der Waals surface area contributed by atoms with Crippen molar-refractivity contribution in [3.05, 3.63) is 0 Å². The van der Waals surface area contributed by atoms with Crippen molar-refractivity contribution in [1.29, 1.82) is 0 Å². The molecule has 0 aliphatic carbocycles. The Labute approximate surface area is 217 Å². The summed E-state index contributed by atoms with van der Waals surface area (Å²) in [5.74, 6) is -2.94. The van der Waals surface area contributed by atoms with E-state index in [9.17, 15) is 26.4 Å². The maximum Gasteiger partial charge on any atom is 0.324 e. The molecule has 36 heavy (non-hydrogen) atoms. The SMILES string of the molecule is CCCCCCCCCCC(C(=O)O)S(=O)(=O)O.CCCCCCCCCCC(C(=O)O)S(=O)(=O)O. The second-order valence-corrected chi connectivity index (χ2v) is 12.4. The quantitative estimate of drug-likeness (QED) is 0.0943. The fourth-order valence-electron chi connectivity index (χ4n) is 3.73. The molecule has 0 fully saturated rings. The van der Waals surface area contributed by atoms with Crippen molar-refractivity contribution in [2.75, 3.05) is 0 Å². The highest BCUT2D eigenvalue weighted by atomic mass is 32.2. The standard InChI is InChI=1S/2C12H24O5S/c2*1-2-3-4-5-6-7-8-9-10-11(12(13)14)18(15,16)17/h2*11H,2-10H2,1H3,(H,13,14)(H,15,16,17).